The van der Waals surface area contributed by atoms with Gasteiger partial charge in [0.15, 0.2) is 0 Å². The molecule has 1 fully saturated rings. The van der Waals surface area contributed by atoms with Crippen molar-refractivity contribution in [2.75, 3.05) is 6.61 Å². The number of hydrogen-bond donors (Lipinski definition) is 1. The standard InChI is InChI=1S/C13H18O2/c1-13(2)12(14)11(8-9-15-13)10-6-4-3-5-7-10/h3-7,11-12,14H,8-9H2,1-2H3/t11-,12+/m0/s1. The molecule has 0 spiro atoms. The van der Waals surface area contributed by atoms with Crippen molar-refractivity contribution in [1.29, 1.82) is 0 Å². The second-order valence-corrected chi connectivity index (χ2v) is 4.70. The smallest absolute Gasteiger partial charge is 0.0893 e. The lowest BCUT2D eigenvalue weighted by Crippen LogP contribution is -2.47. The van der Waals surface area contributed by atoms with Gasteiger partial charge >= 0.3 is 0 Å². The summed E-state index contributed by atoms with van der Waals surface area (Å²) >= 11 is 0. The van der Waals surface area contributed by atoms with Crippen LogP contribution >= 0.6 is 0 Å². The van der Waals surface area contributed by atoms with E-state index < -0.39 is 11.7 Å². The Morgan fingerprint density at radius 2 is 1.93 bits per heavy atom. The molecule has 0 aliphatic carbocycles. The van der Waals surface area contributed by atoms with E-state index in [1.165, 1.54) is 5.56 Å². The molecule has 15 heavy (non-hydrogen) atoms. The van der Waals surface area contributed by atoms with Crippen LogP contribution in [0.3, 0.4) is 0 Å². The molecule has 2 heteroatoms. The Hall–Kier alpha value is -0.860. The first kappa shape index (κ1) is 10.7. The van der Waals surface area contributed by atoms with E-state index >= 15 is 0 Å². The van der Waals surface area contributed by atoms with Gasteiger partial charge in [-0.25, -0.2) is 0 Å². The Morgan fingerprint density at radius 1 is 1.27 bits per heavy atom. The van der Waals surface area contributed by atoms with Gasteiger partial charge in [0.2, 0.25) is 0 Å². The highest BCUT2D eigenvalue weighted by atomic mass is 16.5. The van der Waals surface area contributed by atoms with Crippen LogP contribution in [0.5, 0.6) is 0 Å². The molecular weight excluding hydrogens is 188 g/mol. The van der Waals surface area contributed by atoms with Gasteiger partial charge in [0.05, 0.1) is 11.7 Å². The maximum atomic E-state index is 10.2. The molecule has 2 rings (SSSR count). The van der Waals surface area contributed by atoms with Crippen molar-refractivity contribution in [3.05, 3.63) is 35.9 Å². The van der Waals surface area contributed by atoms with Gasteiger partial charge < -0.3 is 9.84 Å². The van der Waals surface area contributed by atoms with E-state index in [1.54, 1.807) is 0 Å². The Kier molecular flexibility index (Phi) is 2.81. The van der Waals surface area contributed by atoms with E-state index in [4.69, 9.17) is 4.74 Å². The van der Waals surface area contributed by atoms with Gasteiger partial charge in [0.1, 0.15) is 0 Å². The third-order valence-corrected chi connectivity index (χ3v) is 3.22. The molecule has 1 N–H and O–H groups in total. The molecule has 0 saturated carbocycles. The van der Waals surface area contributed by atoms with Crippen LogP contribution < -0.4 is 0 Å². The second-order valence-electron chi connectivity index (χ2n) is 4.70. The van der Waals surface area contributed by atoms with Crippen molar-refractivity contribution >= 4 is 0 Å². The lowest BCUT2D eigenvalue weighted by atomic mass is 9.81. The molecule has 1 saturated heterocycles. The van der Waals surface area contributed by atoms with Gasteiger partial charge in [-0.3, -0.25) is 0 Å². The predicted molar refractivity (Wildman–Crippen MR) is 59.8 cm³/mol. The summed E-state index contributed by atoms with van der Waals surface area (Å²) in [5, 5.41) is 10.2. The van der Waals surface area contributed by atoms with Gasteiger partial charge in [0, 0.05) is 12.5 Å². The SMILES string of the molecule is CC1(C)OCC[C@@H](c2ccccc2)[C@H]1O. The first-order chi connectivity index (χ1) is 7.11. The molecule has 1 aromatic carbocycles. The Labute approximate surface area is 90.9 Å². The maximum Gasteiger partial charge on any atom is 0.0893 e. The average molecular weight is 206 g/mol. The summed E-state index contributed by atoms with van der Waals surface area (Å²) in [7, 11) is 0. The van der Waals surface area contributed by atoms with Crippen molar-refractivity contribution in [3.8, 4) is 0 Å². The van der Waals surface area contributed by atoms with Gasteiger partial charge in [-0.1, -0.05) is 30.3 Å². The van der Waals surface area contributed by atoms with Crippen LogP contribution in [0.15, 0.2) is 30.3 Å². The normalized spacial score (nSPS) is 30.1. The first-order valence-corrected chi connectivity index (χ1v) is 5.48. The fourth-order valence-corrected chi connectivity index (χ4v) is 2.23. The molecule has 2 atom stereocenters. The summed E-state index contributed by atoms with van der Waals surface area (Å²) in [6.07, 6.45) is 0.475. The number of aliphatic hydroxyl groups excluding tert-OH is 1. The topological polar surface area (TPSA) is 29.5 Å². The molecule has 82 valence electrons. The predicted octanol–water partition coefficient (Wildman–Crippen LogP) is 2.33. The molecule has 1 aliphatic rings. The largest absolute Gasteiger partial charge is 0.390 e. The van der Waals surface area contributed by atoms with E-state index in [0.717, 1.165) is 13.0 Å². The van der Waals surface area contributed by atoms with Gasteiger partial charge in [-0.2, -0.15) is 0 Å². The lowest BCUT2D eigenvalue weighted by Gasteiger charge is -2.40. The molecular formula is C13H18O2. The van der Waals surface area contributed by atoms with Crippen LogP contribution in [0.2, 0.25) is 0 Å². The van der Waals surface area contributed by atoms with Crippen LogP contribution in [-0.2, 0) is 4.74 Å². The van der Waals surface area contributed by atoms with Crippen LogP contribution in [0.4, 0.5) is 0 Å². The zero-order valence-electron chi connectivity index (χ0n) is 9.31. The highest BCUT2D eigenvalue weighted by Crippen LogP contribution is 2.35. The minimum atomic E-state index is -0.432. The summed E-state index contributed by atoms with van der Waals surface area (Å²) in [4.78, 5) is 0. The number of hydrogen-bond acceptors (Lipinski definition) is 2. The van der Waals surface area contributed by atoms with Crippen molar-refractivity contribution in [3.63, 3.8) is 0 Å². The highest BCUT2D eigenvalue weighted by Gasteiger charge is 2.39. The summed E-state index contributed by atoms with van der Waals surface area (Å²) < 4.78 is 5.58. The monoisotopic (exact) mass is 206 g/mol. The zero-order valence-corrected chi connectivity index (χ0v) is 9.31. The van der Waals surface area contributed by atoms with E-state index in [-0.39, 0.29) is 5.92 Å². The highest BCUT2D eigenvalue weighted by molar-refractivity contribution is 5.22. The fraction of sp³-hybridized carbons (Fsp3) is 0.538. The van der Waals surface area contributed by atoms with Crippen LogP contribution in [0.25, 0.3) is 0 Å². The quantitative estimate of drug-likeness (QED) is 0.764. The second kappa shape index (κ2) is 3.95. The van der Waals surface area contributed by atoms with Gasteiger partial charge in [-0.15, -0.1) is 0 Å². The first-order valence-electron chi connectivity index (χ1n) is 5.48. The van der Waals surface area contributed by atoms with Crippen molar-refractivity contribution in [2.24, 2.45) is 0 Å². The summed E-state index contributed by atoms with van der Waals surface area (Å²) in [5.74, 6) is 0.204. The molecule has 0 amide bonds. The molecule has 1 heterocycles. The van der Waals surface area contributed by atoms with E-state index in [0.29, 0.717) is 0 Å². The van der Waals surface area contributed by atoms with Gasteiger partial charge in [-0.05, 0) is 25.8 Å². The summed E-state index contributed by atoms with van der Waals surface area (Å²) in [5.41, 5.74) is 0.778. The van der Waals surface area contributed by atoms with Crippen LogP contribution in [0, 0.1) is 0 Å². The molecule has 0 radical (unpaired) electrons. The number of rotatable bonds is 1. The molecule has 0 unspecified atom stereocenters. The zero-order chi connectivity index (χ0) is 10.9. The maximum absolute atomic E-state index is 10.2. The minimum Gasteiger partial charge on any atom is -0.390 e. The Bertz CT molecular complexity index is 319. The van der Waals surface area contributed by atoms with Crippen molar-refractivity contribution < 1.29 is 9.84 Å². The number of ether oxygens (including phenoxy) is 1. The van der Waals surface area contributed by atoms with Crippen LogP contribution in [0.1, 0.15) is 31.7 Å². The molecule has 1 aromatic rings. The lowest BCUT2D eigenvalue weighted by molar-refractivity contribution is -0.142. The van der Waals surface area contributed by atoms with E-state index in [9.17, 15) is 5.11 Å². The molecule has 0 aromatic heterocycles. The van der Waals surface area contributed by atoms with E-state index in [1.807, 2.05) is 32.0 Å². The Morgan fingerprint density at radius 3 is 2.60 bits per heavy atom. The molecule has 2 nitrogen and oxygen atoms in total. The van der Waals surface area contributed by atoms with Crippen LogP contribution in [-0.4, -0.2) is 23.4 Å². The summed E-state index contributed by atoms with van der Waals surface area (Å²) in [6.45, 7) is 4.63. The summed E-state index contributed by atoms with van der Waals surface area (Å²) in [6, 6.07) is 10.2. The van der Waals surface area contributed by atoms with E-state index in [2.05, 4.69) is 12.1 Å². The minimum absolute atomic E-state index is 0.204. The van der Waals surface area contributed by atoms with Gasteiger partial charge in [0.25, 0.3) is 0 Å². The Balaban J connectivity index is 2.23. The van der Waals surface area contributed by atoms with Crippen molar-refractivity contribution in [1.82, 2.24) is 0 Å². The molecule has 1 aliphatic heterocycles. The third kappa shape index (κ3) is 2.06. The van der Waals surface area contributed by atoms with Crippen molar-refractivity contribution in [2.45, 2.75) is 37.9 Å². The fourth-order valence-electron chi connectivity index (χ4n) is 2.23. The molecule has 0 bridgehead atoms. The third-order valence-electron chi connectivity index (χ3n) is 3.22. The number of aliphatic hydroxyl groups is 1. The average Bonchev–Trinajstić information content (AvgIpc) is 2.23. The number of benzene rings is 1.